The highest BCUT2D eigenvalue weighted by Crippen LogP contribution is 2.35. The van der Waals surface area contributed by atoms with E-state index in [1.54, 1.807) is 42.5 Å². The van der Waals surface area contributed by atoms with E-state index < -0.39 is 11.9 Å². The summed E-state index contributed by atoms with van der Waals surface area (Å²) in [4.78, 5) is 25.5. The van der Waals surface area contributed by atoms with Gasteiger partial charge in [0.25, 0.3) is 0 Å². The van der Waals surface area contributed by atoms with Crippen LogP contribution < -0.4 is 9.47 Å². The number of hydrogen-bond donors (Lipinski definition) is 0. The van der Waals surface area contributed by atoms with Crippen molar-refractivity contribution in [3.05, 3.63) is 139 Å². The number of fused-ring (bicyclic) bond motifs is 1. The van der Waals surface area contributed by atoms with E-state index in [9.17, 15) is 9.59 Å². The number of hydrogen-bond acceptors (Lipinski definition) is 4. The standard InChI is InChI=1S/C32H22O4/c33-30(22-17-23-9-3-1-4-10-23)35-28-15-7-13-26-14-8-16-29(31(26)28)36-32(34)27-20-18-25(19-21-27)24-11-5-2-6-12-24/h1-22H. The van der Waals surface area contributed by atoms with Crippen molar-refractivity contribution in [2.45, 2.75) is 0 Å². The zero-order chi connectivity index (χ0) is 24.7. The van der Waals surface area contributed by atoms with Gasteiger partial charge in [0.05, 0.1) is 10.9 Å². The summed E-state index contributed by atoms with van der Waals surface area (Å²) in [5.74, 6) is -0.380. The quantitative estimate of drug-likeness (QED) is 0.148. The van der Waals surface area contributed by atoms with E-state index in [1.807, 2.05) is 84.9 Å². The molecule has 0 amide bonds. The number of carbonyl (C=O) groups is 2. The number of rotatable bonds is 6. The van der Waals surface area contributed by atoms with Crippen LogP contribution in [0.25, 0.3) is 28.0 Å². The van der Waals surface area contributed by atoms with Crippen molar-refractivity contribution in [2.75, 3.05) is 0 Å². The van der Waals surface area contributed by atoms with Crippen molar-refractivity contribution in [1.29, 1.82) is 0 Å². The first-order chi connectivity index (χ1) is 17.7. The summed E-state index contributed by atoms with van der Waals surface area (Å²) in [6, 6.07) is 37.4. The first-order valence-electron chi connectivity index (χ1n) is 11.5. The van der Waals surface area contributed by atoms with Crippen LogP contribution in [0, 0.1) is 0 Å². The number of ether oxygens (including phenoxy) is 2. The van der Waals surface area contributed by atoms with E-state index in [4.69, 9.17) is 9.47 Å². The highest BCUT2D eigenvalue weighted by atomic mass is 16.5. The maximum absolute atomic E-state index is 13.0. The van der Waals surface area contributed by atoms with Gasteiger partial charge in [-0.05, 0) is 52.4 Å². The molecule has 36 heavy (non-hydrogen) atoms. The van der Waals surface area contributed by atoms with E-state index in [-0.39, 0.29) is 0 Å². The van der Waals surface area contributed by atoms with Crippen LogP contribution in [0.5, 0.6) is 11.5 Å². The molecule has 5 rings (SSSR count). The topological polar surface area (TPSA) is 52.6 Å². The largest absolute Gasteiger partial charge is 0.423 e. The van der Waals surface area contributed by atoms with Crippen molar-refractivity contribution < 1.29 is 19.1 Å². The molecule has 5 aromatic carbocycles. The van der Waals surface area contributed by atoms with E-state index in [0.29, 0.717) is 22.4 Å². The van der Waals surface area contributed by atoms with E-state index >= 15 is 0 Å². The van der Waals surface area contributed by atoms with Crippen LogP contribution >= 0.6 is 0 Å². The van der Waals surface area contributed by atoms with E-state index in [2.05, 4.69) is 0 Å². The lowest BCUT2D eigenvalue weighted by molar-refractivity contribution is -0.128. The molecule has 4 nitrogen and oxygen atoms in total. The molecule has 0 atom stereocenters. The Morgan fingerprint density at radius 2 is 1.14 bits per heavy atom. The lowest BCUT2D eigenvalue weighted by Crippen LogP contribution is -2.09. The third-order valence-electron chi connectivity index (χ3n) is 5.68. The predicted octanol–water partition coefficient (Wildman–Crippen LogP) is 7.34. The molecule has 0 bridgehead atoms. The fourth-order valence-electron chi connectivity index (χ4n) is 3.90. The molecule has 0 heterocycles. The molecule has 0 N–H and O–H groups in total. The van der Waals surface area contributed by atoms with Crippen LogP contribution in [0.3, 0.4) is 0 Å². The second kappa shape index (κ2) is 10.5. The van der Waals surface area contributed by atoms with Gasteiger partial charge in [0.1, 0.15) is 11.5 Å². The van der Waals surface area contributed by atoms with Gasteiger partial charge >= 0.3 is 11.9 Å². The average Bonchev–Trinajstić information content (AvgIpc) is 2.93. The second-order valence-electron chi connectivity index (χ2n) is 8.11. The summed E-state index contributed by atoms with van der Waals surface area (Å²) in [5.41, 5.74) is 3.39. The van der Waals surface area contributed by atoms with Crippen LogP contribution in [0.2, 0.25) is 0 Å². The first-order valence-corrected chi connectivity index (χ1v) is 11.5. The summed E-state index contributed by atoms with van der Waals surface area (Å²) in [6.45, 7) is 0. The molecule has 0 saturated carbocycles. The smallest absolute Gasteiger partial charge is 0.343 e. The Hall–Kier alpha value is -4.96. The summed E-state index contributed by atoms with van der Waals surface area (Å²) < 4.78 is 11.4. The summed E-state index contributed by atoms with van der Waals surface area (Å²) in [5, 5.41) is 1.34. The molecule has 4 heteroatoms. The summed E-state index contributed by atoms with van der Waals surface area (Å²) >= 11 is 0. The monoisotopic (exact) mass is 470 g/mol. The lowest BCUT2D eigenvalue weighted by Gasteiger charge is -2.12. The summed E-state index contributed by atoms with van der Waals surface area (Å²) in [7, 11) is 0. The third-order valence-corrected chi connectivity index (χ3v) is 5.68. The Bertz CT molecular complexity index is 1530. The van der Waals surface area contributed by atoms with Gasteiger partial charge in [-0.25, -0.2) is 9.59 Å². The van der Waals surface area contributed by atoms with Crippen molar-refractivity contribution >= 4 is 28.8 Å². The van der Waals surface area contributed by atoms with Gasteiger partial charge in [0.2, 0.25) is 0 Å². The van der Waals surface area contributed by atoms with Crippen LogP contribution in [0.4, 0.5) is 0 Å². The number of carbonyl (C=O) groups excluding carboxylic acids is 2. The van der Waals surface area contributed by atoms with Crippen LogP contribution in [0.1, 0.15) is 15.9 Å². The molecule has 5 aromatic rings. The van der Waals surface area contributed by atoms with E-state index in [1.165, 1.54) is 6.08 Å². The minimum Gasteiger partial charge on any atom is -0.423 e. The molecule has 0 unspecified atom stereocenters. The maximum Gasteiger partial charge on any atom is 0.343 e. The predicted molar refractivity (Wildman–Crippen MR) is 142 cm³/mol. The van der Waals surface area contributed by atoms with Crippen LogP contribution in [-0.4, -0.2) is 11.9 Å². The highest BCUT2D eigenvalue weighted by molar-refractivity contribution is 6.00. The Balaban J connectivity index is 1.37. The molecule has 0 aliphatic heterocycles. The van der Waals surface area contributed by atoms with Gasteiger partial charge < -0.3 is 9.47 Å². The van der Waals surface area contributed by atoms with Gasteiger partial charge in [0, 0.05) is 6.08 Å². The molecule has 0 radical (unpaired) electrons. The van der Waals surface area contributed by atoms with Crippen LogP contribution in [-0.2, 0) is 4.79 Å². The molecular formula is C32H22O4. The molecule has 0 aliphatic carbocycles. The Kier molecular flexibility index (Phi) is 6.68. The molecule has 0 aromatic heterocycles. The lowest BCUT2D eigenvalue weighted by atomic mass is 10.0. The zero-order valence-electron chi connectivity index (χ0n) is 19.3. The van der Waals surface area contributed by atoms with Gasteiger partial charge in [-0.3, -0.25) is 0 Å². The third kappa shape index (κ3) is 5.24. The van der Waals surface area contributed by atoms with Crippen LogP contribution in [0.15, 0.2) is 127 Å². The van der Waals surface area contributed by atoms with Gasteiger partial charge in [-0.2, -0.15) is 0 Å². The van der Waals surface area contributed by atoms with Gasteiger partial charge in [0.15, 0.2) is 0 Å². The van der Waals surface area contributed by atoms with Crippen molar-refractivity contribution in [3.8, 4) is 22.6 Å². The number of esters is 2. The second-order valence-corrected chi connectivity index (χ2v) is 8.11. The highest BCUT2D eigenvalue weighted by Gasteiger charge is 2.15. The molecule has 0 fully saturated rings. The first kappa shape index (κ1) is 22.8. The summed E-state index contributed by atoms with van der Waals surface area (Å²) in [6.07, 6.45) is 3.06. The maximum atomic E-state index is 13.0. The van der Waals surface area contributed by atoms with Crippen molar-refractivity contribution in [1.82, 2.24) is 0 Å². The van der Waals surface area contributed by atoms with Crippen molar-refractivity contribution in [3.63, 3.8) is 0 Å². The SMILES string of the molecule is O=C(C=Cc1ccccc1)Oc1cccc2cccc(OC(=O)c3ccc(-c4ccccc4)cc3)c12. The minimum atomic E-state index is -0.524. The molecular weight excluding hydrogens is 448 g/mol. The van der Waals surface area contributed by atoms with E-state index in [0.717, 1.165) is 22.1 Å². The Labute approximate surface area is 209 Å². The molecule has 0 saturated heterocycles. The number of benzene rings is 5. The zero-order valence-corrected chi connectivity index (χ0v) is 19.3. The molecule has 0 spiro atoms. The fraction of sp³-hybridized carbons (Fsp3) is 0. The normalized spacial score (nSPS) is 10.9. The fourth-order valence-corrected chi connectivity index (χ4v) is 3.90. The minimum absolute atomic E-state index is 0.318. The molecule has 0 aliphatic rings. The Morgan fingerprint density at radius 1 is 0.556 bits per heavy atom. The Morgan fingerprint density at radius 3 is 1.81 bits per heavy atom. The average molecular weight is 471 g/mol. The molecule has 174 valence electrons. The van der Waals surface area contributed by atoms with Gasteiger partial charge in [-0.1, -0.05) is 97.1 Å². The van der Waals surface area contributed by atoms with Gasteiger partial charge in [-0.15, -0.1) is 0 Å². The van der Waals surface area contributed by atoms with Crippen molar-refractivity contribution in [2.24, 2.45) is 0 Å².